The molecular weight excluding hydrogens is 213 g/mol. The van der Waals surface area contributed by atoms with E-state index in [2.05, 4.69) is 19.2 Å². The van der Waals surface area contributed by atoms with Gasteiger partial charge in [-0.1, -0.05) is 13.8 Å². The first-order valence-electron chi connectivity index (χ1n) is 6.39. The van der Waals surface area contributed by atoms with Crippen molar-refractivity contribution in [3.05, 3.63) is 34.6 Å². The molecule has 0 spiro atoms. The molecule has 0 saturated carbocycles. The number of aryl methyl sites for hydroxylation is 2. The summed E-state index contributed by atoms with van der Waals surface area (Å²) in [6.45, 7) is 8.45. The molecule has 0 heterocycles. The summed E-state index contributed by atoms with van der Waals surface area (Å²) >= 11 is 0. The lowest BCUT2D eigenvalue weighted by atomic mass is 9.91. The molecule has 0 aliphatic rings. The molecular formula is C15H24FN. The van der Waals surface area contributed by atoms with Gasteiger partial charge in [0.25, 0.3) is 0 Å². The number of hydrogen-bond acceptors (Lipinski definition) is 1. The van der Waals surface area contributed by atoms with E-state index in [0.29, 0.717) is 12.0 Å². The first kappa shape index (κ1) is 14.2. The molecule has 2 heteroatoms. The highest BCUT2D eigenvalue weighted by Crippen LogP contribution is 2.27. The van der Waals surface area contributed by atoms with Gasteiger partial charge in [0.05, 0.1) is 0 Å². The number of halogens is 1. The minimum atomic E-state index is -0.137. The number of nitrogens with one attached hydrogen (secondary N) is 1. The smallest absolute Gasteiger partial charge is 0.123 e. The van der Waals surface area contributed by atoms with Crippen LogP contribution in [0.3, 0.4) is 0 Å². The van der Waals surface area contributed by atoms with E-state index in [1.54, 1.807) is 12.1 Å². The maximum absolute atomic E-state index is 13.3. The van der Waals surface area contributed by atoms with Crippen LogP contribution in [-0.2, 0) is 0 Å². The molecule has 96 valence electrons. The van der Waals surface area contributed by atoms with Gasteiger partial charge in [0.2, 0.25) is 0 Å². The van der Waals surface area contributed by atoms with Gasteiger partial charge in [-0.3, -0.25) is 0 Å². The molecule has 1 N–H and O–H groups in total. The van der Waals surface area contributed by atoms with E-state index in [1.807, 2.05) is 20.9 Å². The third-order valence-corrected chi connectivity index (χ3v) is 3.29. The highest BCUT2D eigenvalue weighted by Gasteiger charge is 2.15. The van der Waals surface area contributed by atoms with E-state index >= 15 is 0 Å². The summed E-state index contributed by atoms with van der Waals surface area (Å²) in [6, 6.07) is 3.59. The Labute approximate surface area is 104 Å². The second-order valence-electron chi connectivity index (χ2n) is 5.27. The maximum Gasteiger partial charge on any atom is 0.123 e. The van der Waals surface area contributed by atoms with Crippen LogP contribution < -0.4 is 5.32 Å². The van der Waals surface area contributed by atoms with Gasteiger partial charge in [-0.2, -0.15) is 0 Å². The summed E-state index contributed by atoms with van der Waals surface area (Å²) in [5.74, 6) is 0.564. The molecule has 0 bridgehead atoms. The largest absolute Gasteiger partial charge is 0.313 e. The van der Waals surface area contributed by atoms with Crippen molar-refractivity contribution in [1.82, 2.24) is 5.32 Å². The van der Waals surface area contributed by atoms with Crippen LogP contribution in [0.25, 0.3) is 0 Å². The lowest BCUT2D eigenvalue weighted by molar-refractivity contribution is 0.461. The summed E-state index contributed by atoms with van der Waals surface area (Å²) in [4.78, 5) is 0. The van der Waals surface area contributed by atoms with Gasteiger partial charge in [0.15, 0.2) is 0 Å². The Bertz CT molecular complexity index is 348. The van der Waals surface area contributed by atoms with Crippen molar-refractivity contribution in [3.63, 3.8) is 0 Å². The highest BCUT2D eigenvalue weighted by atomic mass is 19.1. The molecule has 1 rings (SSSR count). The second-order valence-corrected chi connectivity index (χ2v) is 5.27. The van der Waals surface area contributed by atoms with Gasteiger partial charge in [-0.25, -0.2) is 4.39 Å². The average molecular weight is 237 g/mol. The monoisotopic (exact) mass is 237 g/mol. The van der Waals surface area contributed by atoms with E-state index in [9.17, 15) is 4.39 Å². The second kappa shape index (κ2) is 6.15. The lowest BCUT2D eigenvalue weighted by Gasteiger charge is -2.22. The fourth-order valence-electron chi connectivity index (χ4n) is 2.40. The Balaban J connectivity index is 2.95. The van der Waals surface area contributed by atoms with Crippen molar-refractivity contribution in [1.29, 1.82) is 0 Å². The van der Waals surface area contributed by atoms with E-state index in [0.717, 1.165) is 17.5 Å². The molecule has 1 aromatic carbocycles. The van der Waals surface area contributed by atoms with Crippen LogP contribution in [0.2, 0.25) is 0 Å². The zero-order valence-electron chi connectivity index (χ0n) is 11.6. The Hall–Kier alpha value is -0.890. The van der Waals surface area contributed by atoms with Crippen molar-refractivity contribution in [3.8, 4) is 0 Å². The summed E-state index contributed by atoms with van der Waals surface area (Å²) in [5, 5.41) is 3.35. The molecule has 1 aromatic rings. The molecule has 0 aliphatic carbocycles. The molecule has 0 fully saturated rings. The molecule has 0 amide bonds. The Morgan fingerprint density at radius 3 is 2.06 bits per heavy atom. The van der Waals surface area contributed by atoms with Crippen LogP contribution in [0.5, 0.6) is 0 Å². The maximum atomic E-state index is 13.3. The van der Waals surface area contributed by atoms with Crippen LogP contribution in [0, 0.1) is 25.6 Å². The predicted molar refractivity (Wildman–Crippen MR) is 71.7 cm³/mol. The van der Waals surface area contributed by atoms with E-state index in [4.69, 9.17) is 0 Å². The van der Waals surface area contributed by atoms with Crippen LogP contribution in [-0.4, -0.2) is 7.05 Å². The molecule has 1 nitrogen and oxygen atoms in total. The van der Waals surface area contributed by atoms with Crippen LogP contribution >= 0.6 is 0 Å². The van der Waals surface area contributed by atoms with Crippen molar-refractivity contribution in [2.75, 3.05) is 7.05 Å². The van der Waals surface area contributed by atoms with Crippen LogP contribution in [0.1, 0.15) is 49.4 Å². The number of rotatable bonds is 5. The Morgan fingerprint density at radius 2 is 1.65 bits per heavy atom. The predicted octanol–water partition coefficient (Wildman–Crippen LogP) is 4.14. The Kier molecular flexibility index (Phi) is 5.13. The SMILES string of the molecule is CNC(CCC(C)C)c1c(C)cc(F)cc1C. The van der Waals surface area contributed by atoms with Crippen LogP contribution in [0.4, 0.5) is 4.39 Å². The van der Waals surface area contributed by atoms with Gasteiger partial charge < -0.3 is 5.32 Å². The zero-order chi connectivity index (χ0) is 13.0. The van der Waals surface area contributed by atoms with Crippen molar-refractivity contribution < 1.29 is 4.39 Å². The molecule has 0 saturated heterocycles. The first-order valence-corrected chi connectivity index (χ1v) is 6.39. The van der Waals surface area contributed by atoms with Gasteiger partial charge in [-0.05, 0) is 68.5 Å². The quantitative estimate of drug-likeness (QED) is 0.811. The normalized spacial score (nSPS) is 13.1. The number of benzene rings is 1. The summed E-state index contributed by atoms with van der Waals surface area (Å²) in [6.07, 6.45) is 2.28. The molecule has 0 aromatic heterocycles. The first-order chi connectivity index (χ1) is 7.95. The third-order valence-electron chi connectivity index (χ3n) is 3.29. The van der Waals surface area contributed by atoms with Gasteiger partial charge in [-0.15, -0.1) is 0 Å². The van der Waals surface area contributed by atoms with Gasteiger partial charge in [0, 0.05) is 6.04 Å². The third kappa shape index (κ3) is 3.81. The Morgan fingerprint density at radius 1 is 1.12 bits per heavy atom. The highest BCUT2D eigenvalue weighted by molar-refractivity contribution is 5.36. The topological polar surface area (TPSA) is 12.0 Å². The average Bonchev–Trinajstić information content (AvgIpc) is 2.21. The van der Waals surface area contributed by atoms with E-state index in [-0.39, 0.29) is 5.82 Å². The summed E-state index contributed by atoms with van der Waals surface area (Å²) in [5.41, 5.74) is 3.35. The number of hydrogen-bond donors (Lipinski definition) is 1. The minimum Gasteiger partial charge on any atom is -0.313 e. The van der Waals surface area contributed by atoms with Crippen molar-refractivity contribution >= 4 is 0 Å². The molecule has 1 unspecified atom stereocenters. The summed E-state index contributed by atoms with van der Waals surface area (Å²) in [7, 11) is 1.98. The fraction of sp³-hybridized carbons (Fsp3) is 0.600. The standard InChI is InChI=1S/C15H24FN/c1-10(2)6-7-14(17-5)15-11(3)8-13(16)9-12(15)4/h8-10,14,17H,6-7H2,1-5H3. The molecule has 0 aliphatic heterocycles. The molecule has 1 atom stereocenters. The van der Waals surface area contributed by atoms with E-state index < -0.39 is 0 Å². The minimum absolute atomic E-state index is 0.137. The van der Waals surface area contributed by atoms with E-state index in [1.165, 1.54) is 12.0 Å². The fourth-order valence-corrected chi connectivity index (χ4v) is 2.40. The molecule has 17 heavy (non-hydrogen) atoms. The van der Waals surface area contributed by atoms with Gasteiger partial charge in [0.1, 0.15) is 5.82 Å². The van der Waals surface area contributed by atoms with Crippen LogP contribution in [0.15, 0.2) is 12.1 Å². The molecule has 0 radical (unpaired) electrons. The van der Waals surface area contributed by atoms with Crippen molar-refractivity contribution in [2.45, 2.75) is 46.6 Å². The van der Waals surface area contributed by atoms with Crippen molar-refractivity contribution in [2.24, 2.45) is 5.92 Å². The zero-order valence-corrected chi connectivity index (χ0v) is 11.6. The summed E-state index contributed by atoms with van der Waals surface area (Å²) < 4.78 is 13.3. The lowest BCUT2D eigenvalue weighted by Crippen LogP contribution is -2.19. The van der Waals surface area contributed by atoms with Gasteiger partial charge >= 0.3 is 0 Å².